The molecule has 0 aliphatic heterocycles. The van der Waals surface area contributed by atoms with Gasteiger partial charge in [-0.25, -0.2) is 0 Å². The van der Waals surface area contributed by atoms with Crippen molar-refractivity contribution in [3.63, 3.8) is 0 Å². The number of aromatic nitrogens is 1. The van der Waals surface area contributed by atoms with E-state index in [1.165, 1.54) is 6.07 Å². The van der Waals surface area contributed by atoms with E-state index in [4.69, 9.17) is 5.26 Å². The second-order valence-corrected chi connectivity index (χ2v) is 3.66. The van der Waals surface area contributed by atoms with E-state index >= 15 is 0 Å². The summed E-state index contributed by atoms with van der Waals surface area (Å²) in [6.45, 7) is 1.71. The lowest BCUT2D eigenvalue weighted by Gasteiger charge is -2.14. The Morgan fingerprint density at radius 2 is 2.24 bits per heavy atom. The fraction of sp³-hybridized carbons (Fsp3) is 0.455. The van der Waals surface area contributed by atoms with Crippen LogP contribution in [0.15, 0.2) is 18.5 Å². The Morgan fingerprint density at radius 1 is 1.53 bits per heavy atom. The lowest BCUT2D eigenvalue weighted by molar-refractivity contribution is -0.157. The molecule has 1 rings (SSSR count). The Bertz CT molecular complexity index is 409. The second kappa shape index (κ2) is 5.64. The van der Waals surface area contributed by atoms with Gasteiger partial charge in [-0.1, -0.05) is 0 Å². The first-order chi connectivity index (χ1) is 7.95. The van der Waals surface area contributed by atoms with Crippen molar-refractivity contribution in [1.29, 1.82) is 5.26 Å². The molecule has 1 aromatic rings. The summed E-state index contributed by atoms with van der Waals surface area (Å²) in [5, 5.41) is 11.0. The van der Waals surface area contributed by atoms with Crippen molar-refractivity contribution in [3.05, 3.63) is 29.6 Å². The lowest BCUT2D eigenvalue weighted by atomic mass is 10.1. The zero-order valence-electron chi connectivity index (χ0n) is 9.25. The van der Waals surface area contributed by atoms with E-state index in [1.807, 2.05) is 6.92 Å². The van der Waals surface area contributed by atoms with Crippen LogP contribution in [0.4, 0.5) is 13.2 Å². The first-order valence-electron chi connectivity index (χ1n) is 5.01. The third-order valence-corrected chi connectivity index (χ3v) is 2.36. The summed E-state index contributed by atoms with van der Waals surface area (Å²) in [4.78, 5) is 3.88. The maximum absolute atomic E-state index is 12.3. The predicted molar refractivity (Wildman–Crippen MR) is 55.8 cm³/mol. The van der Waals surface area contributed by atoms with Gasteiger partial charge >= 0.3 is 6.18 Å². The van der Waals surface area contributed by atoms with E-state index < -0.39 is 18.6 Å². The van der Waals surface area contributed by atoms with Crippen LogP contribution in [-0.4, -0.2) is 17.7 Å². The number of nitrogens with zero attached hydrogens (tertiary/aromatic N) is 2. The Labute approximate surface area is 97.3 Å². The van der Waals surface area contributed by atoms with Crippen molar-refractivity contribution in [2.75, 3.05) is 6.54 Å². The minimum absolute atomic E-state index is 0.272. The summed E-state index contributed by atoms with van der Waals surface area (Å²) >= 11 is 0. The molecular weight excluding hydrogens is 231 g/mol. The van der Waals surface area contributed by atoms with Crippen LogP contribution < -0.4 is 5.32 Å². The highest BCUT2D eigenvalue weighted by atomic mass is 19.4. The Kier molecular flexibility index (Phi) is 4.46. The summed E-state index contributed by atoms with van der Waals surface area (Å²) < 4.78 is 36.8. The number of aryl methyl sites for hydroxylation is 1. The SMILES string of the molecule is Cc1ccncc1CNCC(C#N)C(F)(F)F. The van der Waals surface area contributed by atoms with Crippen molar-refractivity contribution < 1.29 is 13.2 Å². The number of pyridine rings is 1. The molecule has 0 aromatic carbocycles. The van der Waals surface area contributed by atoms with Crippen LogP contribution in [0.25, 0.3) is 0 Å². The summed E-state index contributed by atoms with van der Waals surface area (Å²) in [6.07, 6.45) is -1.27. The van der Waals surface area contributed by atoms with Crippen LogP contribution in [0.5, 0.6) is 0 Å². The van der Waals surface area contributed by atoms with Crippen molar-refractivity contribution in [2.24, 2.45) is 5.92 Å². The smallest absolute Gasteiger partial charge is 0.311 e. The fourth-order valence-corrected chi connectivity index (χ4v) is 1.27. The molecule has 3 nitrogen and oxygen atoms in total. The van der Waals surface area contributed by atoms with Gasteiger partial charge in [-0.05, 0) is 24.1 Å². The summed E-state index contributed by atoms with van der Waals surface area (Å²) in [7, 11) is 0. The van der Waals surface area contributed by atoms with Gasteiger partial charge in [0.25, 0.3) is 0 Å². The van der Waals surface area contributed by atoms with Gasteiger partial charge in [0.15, 0.2) is 5.92 Å². The quantitative estimate of drug-likeness (QED) is 0.881. The van der Waals surface area contributed by atoms with Gasteiger partial charge in [0.05, 0.1) is 6.07 Å². The highest BCUT2D eigenvalue weighted by molar-refractivity contribution is 5.21. The molecule has 0 spiro atoms. The Balaban J connectivity index is 2.48. The monoisotopic (exact) mass is 243 g/mol. The number of alkyl halides is 3. The third kappa shape index (κ3) is 4.04. The van der Waals surface area contributed by atoms with E-state index in [0.29, 0.717) is 0 Å². The molecule has 17 heavy (non-hydrogen) atoms. The molecule has 1 heterocycles. The topological polar surface area (TPSA) is 48.7 Å². The Hall–Kier alpha value is -1.61. The number of rotatable bonds is 4. The minimum Gasteiger partial charge on any atom is -0.311 e. The second-order valence-electron chi connectivity index (χ2n) is 3.66. The van der Waals surface area contributed by atoms with Crippen molar-refractivity contribution in [2.45, 2.75) is 19.6 Å². The minimum atomic E-state index is -4.48. The largest absolute Gasteiger partial charge is 0.405 e. The molecular formula is C11H12F3N3. The summed E-state index contributed by atoms with van der Waals surface area (Å²) in [5.41, 5.74) is 1.78. The third-order valence-electron chi connectivity index (χ3n) is 2.36. The van der Waals surface area contributed by atoms with Crippen molar-refractivity contribution >= 4 is 0 Å². The number of nitriles is 1. The fourth-order valence-electron chi connectivity index (χ4n) is 1.27. The molecule has 0 aliphatic rings. The van der Waals surface area contributed by atoms with Crippen LogP contribution in [0, 0.1) is 24.2 Å². The van der Waals surface area contributed by atoms with Gasteiger partial charge in [-0.2, -0.15) is 18.4 Å². The lowest BCUT2D eigenvalue weighted by Crippen LogP contribution is -2.32. The summed E-state index contributed by atoms with van der Waals surface area (Å²) in [5.74, 6) is -1.97. The number of nitrogens with one attached hydrogen (secondary N) is 1. The van der Waals surface area contributed by atoms with Crippen molar-refractivity contribution in [3.8, 4) is 6.07 Å². The van der Waals surface area contributed by atoms with Gasteiger partial charge < -0.3 is 5.32 Å². The van der Waals surface area contributed by atoms with Gasteiger partial charge in [-0.3, -0.25) is 4.98 Å². The first kappa shape index (κ1) is 13.5. The predicted octanol–water partition coefficient (Wildman–Crippen LogP) is 2.18. The molecule has 1 atom stereocenters. The van der Waals surface area contributed by atoms with Crippen LogP contribution in [-0.2, 0) is 6.54 Å². The number of hydrogen-bond donors (Lipinski definition) is 1. The average molecular weight is 243 g/mol. The zero-order valence-corrected chi connectivity index (χ0v) is 9.25. The molecule has 92 valence electrons. The molecule has 1 aromatic heterocycles. The molecule has 0 amide bonds. The molecule has 0 saturated heterocycles. The van der Waals surface area contributed by atoms with Crippen LogP contribution in [0.2, 0.25) is 0 Å². The maximum Gasteiger partial charge on any atom is 0.405 e. The van der Waals surface area contributed by atoms with Gasteiger partial charge in [0.1, 0.15) is 0 Å². The molecule has 0 saturated carbocycles. The summed E-state index contributed by atoms with van der Waals surface area (Å²) in [6, 6.07) is 3.02. The van der Waals surface area contributed by atoms with Crippen molar-refractivity contribution in [1.82, 2.24) is 10.3 Å². The van der Waals surface area contributed by atoms with Crippen LogP contribution in [0.1, 0.15) is 11.1 Å². The number of hydrogen-bond acceptors (Lipinski definition) is 3. The van der Waals surface area contributed by atoms with E-state index in [0.717, 1.165) is 11.1 Å². The standard InChI is InChI=1S/C11H12F3N3/c1-8-2-3-16-5-9(8)6-17-7-10(4-15)11(12,13)14/h2-3,5,10,17H,6-7H2,1H3. The molecule has 0 aliphatic carbocycles. The first-order valence-corrected chi connectivity index (χ1v) is 5.01. The normalized spacial score (nSPS) is 13.1. The van der Waals surface area contributed by atoms with Gasteiger partial charge in [-0.15, -0.1) is 0 Å². The molecule has 6 heteroatoms. The molecule has 1 unspecified atom stereocenters. The molecule has 0 radical (unpaired) electrons. The number of halogens is 3. The van der Waals surface area contributed by atoms with E-state index in [2.05, 4.69) is 10.3 Å². The Morgan fingerprint density at radius 3 is 2.76 bits per heavy atom. The zero-order chi connectivity index (χ0) is 12.9. The highest BCUT2D eigenvalue weighted by Gasteiger charge is 2.39. The molecule has 0 fully saturated rings. The van der Waals surface area contributed by atoms with Gasteiger partial charge in [0, 0.05) is 25.5 Å². The van der Waals surface area contributed by atoms with E-state index in [9.17, 15) is 13.2 Å². The van der Waals surface area contributed by atoms with E-state index in [1.54, 1.807) is 18.5 Å². The highest BCUT2D eigenvalue weighted by Crippen LogP contribution is 2.24. The molecule has 1 N–H and O–H groups in total. The molecule has 0 bridgehead atoms. The van der Waals surface area contributed by atoms with E-state index in [-0.39, 0.29) is 6.54 Å². The van der Waals surface area contributed by atoms with Gasteiger partial charge in [0.2, 0.25) is 0 Å². The average Bonchev–Trinajstić information content (AvgIpc) is 2.25. The van der Waals surface area contributed by atoms with Crippen LogP contribution >= 0.6 is 0 Å². The maximum atomic E-state index is 12.3. The van der Waals surface area contributed by atoms with Crippen LogP contribution in [0.3, 0.4) is 0 Å².